The normalized spacial score (nSPS) is 14.8. The van der Waals surface area contributed by atoms with Crippen LogP contribution < -0.4 is 10.5 Å². The van der Waals surface area contributed by atoms with Crippen LogP contribution in [0.5, 0.6) is 5.75 Å². The Bertz CT molecular complexity index is 445. The number of hydrogen-bond acceptors (Lipinski definition) is 3. The molecule has 1 rings (SSSR count). The molecule has 0 aliphatic carbocycles. The monoisotopic (exact) mass is 293 g/mol. The van der Waals surface area contributed by atoms with E-state index in [1.165, 1.54) is 11.1 Å². The van der Waals surface area contributed by atoms with Crippen LogP contribution in [0.25, 0.3) is 0 Å². The zero-order valence-corrected chi connectivity index (χ0v) is 14.2. The lowest BCUT2D eigenvalue weighted by atomic mass is 9.85. The molecule has 3 nitrogen and oxygen atoms in total. The van der Waals surface area contributed by atoms with Gasteiger partial charge in [0.15, 0.2) is 0 Å². The van der Waals surface area contributed by atoms with Gasteiger partial charge in [0.1, 0.15) is 5.75 Å². The molecule has 0 aromatic heterocycles. The lowest BCUT2D eigenvalue weighted by molar-refractivity contribution is 0.171. The Labute approximate surface area is 129 Å². The van der Waals surface area contributed by atoms with E-state index < -0.39 is 5.54 Å². The van der Waals surface area contributed by atoms with Crippen LogP contribution in [0.3, 0.4) is 0 Å². The van der Waals surface area contributed by atoms with Crippen molar-refractivity contribution in [1.29, 1.82) is 0 Å². The number of hydrogen-bond donors (Lipinski definition) is 2. The van der Waals surface area contributed by atoms with E-state index in [4.69, 9.17) is 10.5 Å². The van der Waals surface area contributed by atoms with Crippen LogP contribution in [-0.4, -0.2) is 23.9 Å². The average Bonchev–Trinajstić information content (AvgIpc) is 2.43. The topological polar surface area (TPSA) is 55.5 Å². The first-order valence-electron chi connectivity index (χ1n) is 7.85. The third kappa shape index (κ3) is 5.33. The van der Waals surface area contributed by atoms with Gasteiger partial charge < -0.3 is 15.6 Å². The maximum absolute atomic E-state index is 9.32. The lowest BCUT2D eigenvalue weighted by Crippen LogP contribution is -2.43. The predicted octanol–water partition coefficient (Wildman–Crippen LogP) is 3.55. The Morgan fingerprint density at radius 1 is 1.24 bits per heavy atom. The standard InChI is InChI=1S/C18H31NO2/c1-6-18(19,13-20)10-7-11-21-16-9-8-14(2)12-15(16)17(3,4)5/h8-9,12,20H,6-7,10-11,13,19H2,1-5H3. The van der Waals surface area contributed by atoms with E-state index in [0.29, 0.717) is 6.61 Å². The van der Waals surface area contributed by atoms with Crippen LogP contribution in [0.15, 0.2) is 18.2 Å². The third-order valence-corrected chi connectivity index (χ3v) is 4.04. The van der Waals surface area contributed by atoms with Gasteiger partial charge in [0.2, 0.25) is 0 Å². The van der Waals surface area contributed by atoms with E-state index in [2.05, 4.69) is 45.9 Å². The summed E-state index contributed by atoms with van der Waals surface area (Å²) in [4.78, 5) is 0. The fraction of sp³-hybridized carbons (Fsp3) is 0.667. The molecule has 0 aliphatic heterocycles. The van der Waals surface area contributed by atoms with Gasteiger partial charge in [0.05, 0.1) is 13.2 Å². The SMILES string of the molecule is CCC(N)(CO)CCCOc1ccc(C)cc1C(C)(C)C. The maximum Gasteiger partial charge on any atom is 0.123 e. The molecule has 0 aliphatic rings. The number of aliphatic hydroxyl groups excluding tert-OH is 1. The van der Waals surface area contributed by atoms with Gasteiger partial charge in [-0.1, -0.05) is 45.4 Å². The minimum absolute atomic E-state index is 0.0290. The van der Waals surface area contributed by atoms with Crippen molar-refractivity contribution in [2.24, 2.45) is 5.73 Å². The average molecular weight is 293 g/mol. The fourth-order valence-corrected chi connectivity index (χ4v) is 2.33. The minimum atomic E-state index is -0.469. The summed E-state index contributed by atoms with van der Waals surface area (Å²) >= 11 is 0. The van der Waals surface area contributed by atoms with Crippen molar-refractivity contribution in [2.75, 3.05) is 13.2 Å². The Morgan fingerprint density at radius 3 is 2.43 bits per heavy atom. The molecule has 0 amide bonds. The summed E-state index contributed by atoms with van der Waals surface area (Å²) in [6.45, 7) is 11.4. The summed E-state index contributed by atoms with van der Waals surface area (Å²) in [7, 11) is 0. The predicted molar refractivity (Wildman–Crippen MR) is 88.9 cm³/mol. The molecule has 3 N–H and O–H groups in total. The first-order valence-corrected chi connectivity index (χ1v) is 7.85. The molecule has 1 aromatic carbocycles. The smallest absolute Gasteiger partial charge is 0.123 e. The van der Waals surface area contributed by atoms with Crippen molar-refractivity contribution in [3.8, 4) is 5.75 Å². The highest BCUT2D eigenvalue weighted by molar-refractivity contribution is 5.41. The van der Waals surface area contributed by atoms with Gasteiger partial charge in [-0.3, -0.25) is 0 Å². The van der Waals surface area contributed by atoms with Gasteiger partial charge >= 0.3 is 0 Å². The van der Waals surface area contributed by atoms with Crippen LogP contribution in [0.1, 0.15) is 58.1 Å². The van der Waals surface area contributed by atoms with Crippen LogP contribution >= 0.6 is 0 Å². The second-order valence-corrected chi connectivity index (χ2v) is 7.08. The summed E-state index contributed by atoms with van der Waals surface area (Å²) in [6, 6.07) is 6.33. The molecule has 0 bridgehead atoms. The molecule has 0 spiro atoms. The summed E-state index contributed by atoms with van der Waals surface area (Å²) in [5.41, 5.74) is 8.17. The van der Waals surface area contributed by atoms with Gasteiger partial charge in [-0.2, -0.15) is 0 Å². The fourth-order valence-electron chi connectivity index (χ4n) is 2.33. The molecule has 1 aromatic rings. The number of benzene rings is 1. The quantitative estimate of drug-likeness (QED) is 0.756. The van der Waals surface area contributed by atoms with Crippen molar-refractivity contribution in [3.05, 3.63) is 29.3 Å². The first-order chi connectivity index (χ1) is 9.72. The highest BCUT2D eigenvalue weighted by atomic mass is 16.5. The second-order valence-electron chi connectivity index (χ2n) is 7.08. The number of rotatable bonds is 7. The van der Waals surface area contributed by atoms with Gasteiger partial charge in [-0.25, -0.2) is 0 Å². The lowest BCUT2D eigenvalue weighted by Gasteiger charge is -2.26. The van der Waals surface area contributed by atoms with E-state index in [0.717, 1.165) is 25.0 Å². The highest BCUT2D eigenvalue weighted by Crippen LogP contribution is 2.32. The second kappa shape index (κ2) is 7.28. The molecular formula is C18H31NO2. The van der Waals surface area contributed by atoms with Crippen molar-refractivity contribution < 1.29 is 9.84 Å². The summed E-state index contributed by atoms with van der Waals surface area (Å²) in [5.74, 6) is 0.955. The zero-order valence-electron chi connectivity index (χ0n) is 14.2. The van der Waals surface area contributed by atoms with Crippen molar-refractivity contribution in [1.82, 2.24) is 0 Å². The van der Waals surface area contributed by atoms with E-state index in [1.807, 2.05) is 6.92 Å². The molecule has 1 atom stereocenters. The van der Waals surface area contributed by atoms with E-state index in [-0.39, 0.29) is 12.0 Å². The van der Waals surface area contributed by atoms with Crippen LogP contribution in [0.2, 0.25) is 0 Å². The molecule has 0 heterocycles. The molecule has 0 saturated heterocycles. The van der Waals surface area contributed by atoms with Gasteiger partial charge in [-0.15, -0.1) is 0 Å². The molecule has 0 radical (unpaired) electrons. The van der Waals surface area contributed by atoms with Crippen LogP contribution in [0, 0.1) is 6.92 Å². The molecular weight excluding hydrogens is 262 g/mol. The number of ether oxygens (including phenoxy) is 1. The third-order valence-electron chi connectivity index (χ3n) is 4.04. The van der Waals surface area contributed by atoms with Crippen LogP contribution in [-0.2, 0) is 5.41 Å². The maximum atomic E-state index is 9.32. The highest BCUT2D eigenvalue weighted by Gasteiger charge is 2.22. The van der Waals surface area contributed by atoms with Gasteiger partial charge in [0.25, 0.3) is 0 Å². The zero-order chi connectivity index (χ0) is 16.1. The molecule has 120 valence electrons. The minimum Gasteiger partial charge on any atom is -0.493 e. The number of aryl methyl sites for hydroxylation is 1. The Morgan fingerprint density at radius 2 is 1.90 bits per heavy atom. The van der Waals surface area contributed by atoms with E-state index in [9.17, 15) is 5.11 Å². The Kier molecular flexibility index (Phi) is 6.24. The summed E-state index contributed by atoms with van der Waals surface area (Å²) < 4.78 is 5.97. The largest absolute Gasteiger partial charge is 0.493 e. The number of aliphatic hydroxyl groups is 1. The number of nitrogens with two attached hydrogens (primary N) is 1. The Balaban J connectivity index is 2.64. The Hall–Kier alpha value is -1.06. The van der Waals surface area contributed by atoms with Crippen molar-refractivity contribution in [2.45, 2.75) is 64.8 Å². The van der Waals surface area contributed by atoms with Crippen LogP contribution in [0.4, 0.5) is 0 Å². The molecule has 0 saturated carbocycles. The van der Waals surface area contributed by atoms with Crippen molar-refractivity contribution >= 4 is 0 Å². The van der Waals surface area contributed by atoms with Gasteiger partial charge in [0, 0.05) is 5.54 Å². The summed E-state index contributed by atoms with van der Waals surface area (Å²) in [6.07, 6.45) is 2.40. The van der Waals surface area contributed by atoms with Gasteiger partial charge in [-0.05, 0) is 43.2 Å². The molecule has 0 fully saturated rings. The molecule has 3 heteroatoms. The first kappa shape index (κ1) is 18.0. The summed E-state index contributed by atoms with van der Waals surface area (Å²) in [5, 5.41) is 9.32. The van der Waals surface area contributed by atoms with Crippen molar-refractivity contribution in [3.63, 3.8) is 0 Å². The molecule has 21 heavy (non-hydrogen) atoms. The van der Waals surface area contributed by atoms with E-state index >= 15 is 0 Å². The molecule has 1 unspecified atom stereocenters. The van der Waals surface area contributed by atoms with E-state index in [1.54, 1.807) is 0 Å².